The van der Waals surface area contributed by atoms with Crippen LogP contribution in [-0.2, 0) is 17.8 Å². The van der Waals surface area contributed by atoms with E-state index in [1.54, 1.807) is 11.9 Å². The molecular formula is C14H15N3O2. The second kappa shape index (κ2) is 4.85. The smallest absolute Gasteiger partial charge is 0.278 e. The predicted molar refractivity (Wildman–Crippen MR) is 71.1 cm³/mol. The zero-order chi connectivity index (χ0) is 13.2. The van der Waals surface area contributed by atoms with Gasteiger partial charge in [-0.1, -0.05) is 18.2 Å². The summed E-state index contributed by atoms with van der Waals surface area (Å²) in [5.74, 6) is -0.116. The molecule has 1 aliphatic heterocycles. The third-order valence-electron chi connectivity index (χ3n) is 3.35. The van der Waals surface area contributed by atoms with Crippen molar-refractivity contribution in [1.29, 1.82) is 0 Å². The van der Waals surface area contributed by atoms with Gasteiger partial charge in [-0.3, -0.25) is 9.89 Å². The van der Waals surface area contributed by atoms with E-state index in [0.29, 0.717) is 18.9 Å². The number of carbonyl (C=O) groups excluding carboxylic acids is 1. The van der Waals surface area contributed by atoms with E-state index < -0.39 is 0 Å². The largest absolute Gasteiger partial charge is 0.376 e. The number of H-pyrrole nitrogens is 1. The minimum atomic E-state index is -0.116. The fraction of sp³-hybridized carbons (Fsp3) is 0.286. The molecule has 1 aromatic carbocycles. The summed E-state index contributed by atoms with van der Waals surface area (Å²) in [6.07, 6.45) is 0.782. The Labute approximate surface area is 111 Å². The molecule has 0 bridgehead atoms. The van der Waals surface area contributed by atoms with Gasteiger partial charge in [-0.15, -0.1) is 0 Å². The fourth-order valence-electron chi connectivity index (χ4n) is 2.22. The molecule has 0 radical (unpaired) electrons. The Morgan fingerprint density at radius 2 is 2.16 bits per heavy atom. The minimum absolute atomic E-state index is 0.116. The van der Waals surface area contributed by atoms with Crippen LogP contribution in [0.2, 0.25) is 0 Å². The van der Waals surface area contributed by atoms with Crippen LogP contribution in [0.15, 0.2) is 30.3 Å². The van der Waals surface area contributed by atoms with Gasteiger partial charge in [-0.2, -0.15) is 5.10 Å². The maximum atomic E-state index is 12.5. The number of para-hydroxylation sites is 1. The molecular weight excluding hydrogens is 242 g/mol. The van der Waals surface area contributed by atoms with E-state index in [4.69, 9.17) is 4.74 Å². The number of nitrogens with one attached hydrogen (secondary N) is 1. The highest BCUT2D eigenvalue weighted by Crippen LogP contribution is 2.21. The van der Waals surface area contributed by atoms with E-state index in [1.807, 2.05) is 30.3 Å². The summed E-state index contributed by atoms with van der Waals surface area (Å²) >= 11 is 0. The lowest BCUT2D eigenvalue weighted by atomic mass is 10.1. The normalized spacial score (nSPS) is 13.9. The van der Waals surface area contributed by atoms with Crippen LogP contribution >= 0.6 is 0 Å². The average molecular weight is 257 g/mol. The van der Waals surface area contributed by atoms with Crippen LogP contribution in [-0.4, -0.2) is 29.8 Å². The number of fused-ring (bicyclic) bond motifs is 1. The van der Waals surface area contributed by atoms with Crippen molar-refractivity contribution in [3.8, 4) is 0 Å². The number of anilines is 1. The lowest BCUT2D eigenvalue weighted by Gasteiger charge is -2.18. The van der Waals surface area contributed by atoms with Crippen molar-refractivity contribution in [3.63, 3.8) is 0 Å². The monoisotopic (exact) mass is 257 g/mol. The molecule has 0 saturated heterocycles. The lowest BCUT2D eigenvalue weighted by molar-refractivity contribution is 0.0960. The molecule has 0 atom stereocenters. The van der Waals surface area contributed by atoms with Crippen LogP contribution in [0, 0.1) is 0 Å². The first-order chi connectivity index (χ1) is 9.27. The number of rotatable bonds is 2. The maximum Gasteiger partial charge on any atom is 0.278 e. The molecule has 0 spiro atoms. The lowest BCUT2D eigenvalue weighted by Crippen LogP contribution is -2.28. The number of aromatic nitrogens is 2. The number of aromatic amines is 1. The van der Waals surface area contributed by atoms with E-state index in [2.05, 4.69) is 10.2 Å². The van der Waals surface area contributed by atoms with Crippen LogP contribution in [0.5, 0.6) is 0 Å². The maximum absolute atomic E-state index is 12.5. The van der Waals surface area contributed by atoms with Crippen LogP contribution in [0.1, 0.15) is 21.7 Å². The molecule has 19 heavy (non-hydrogen) atoms. The molecule has 98 valence electrons. The molecule has 0 unspecified atom stereocenters. The number of ether oxygens (including phenoxy) is 1. The highest BCUT2D eigenvalue weighted by atomic mass is 16.5. The third kappa shape index (κ3) is 2.13. The highest BCUT2D eigenvalue weighted by Gasteiger charge is 2.24. The first kappa shape index (κ1) is 11.9. The fourth-order valence-corrected chi connectivity index (χ4v) is 2.22. The van der Waals surface area contributed by atoms with Gasteiger partial charge in [0, 0.05) is 30.4 Å². The van der Waals surface area contributed by atoms with Gasteiger partial charge in [-0.05, 0) is 12.1 Å². The van der Waals surface area contributed by atoms with Gasteiger partial charge in [0.05, 0.1) is 13.2 Å². The molecule has 2 heterocycles. The minimum Gasteiger partial charge on any atom is -0.376 e. The van der Waals surface area contributed by atoms with E-state index in [1.165, 1.54) is 0 Å². The van der Waals surface area contributed by atoms with Crippen molar-refractivity contribution in [2.45, 2.75) is 13.0 Å². The molecule has 1 amide bonds. The second-order valence-corrected chi connectivity index (χ2v) is 4.53. The summed E-state index contributed by atoms with van der Waals surface area (Å²) in [6, 6.07) is 9.53. The standard InChI is InChI=1S/C14H15N3O2/c1-17(10-5-3-2-4-6-10)14(18)13-11-9-19-8-7-12(11)15-16-13/h2-6H,7-9H2,1H3,(H,15,16). The van der Waals surface area contributed by atoms with Gasteiger partial charge in [0.2, 0.25) is 0 Å². The number of carbonyl (C=O) groups is 1. The molecule has 5 nitrogen and oxygen atoms in total. The van der Waals surface area contributed by atoms with Gasteiger partial charge in [0.15, 0.2) is 5.69 Å². The van der Waals surface area contributed by atoms with E-state index in [0.717, 1.165) is 23.4 Å². The Balaban J connectivity index is 1.90. The van der Waals surface area contributed by atoms with Gasteiger partial charge in [-0.25, -0.2) is 0 Å². The zero-order valence-electron chi connectivity index (χ0n) is 10.7. The number of hydrogen-bond donors (Lipinski definition) is 1. The van der Waals surface area contributed by atoms with Crippen molar-refractivity contribution in [3.05, 3.63) is 47.3 Å². The molecule has 5 heteroatoms. The number of nitrogens with zero attached hydrogens (tertiary/aromatic N) is 2. The number of amides is 1. The Bertz CT molecular complexity index is 592. The molecule has 1 aliphatic rings. The Kier molecular flexibility index (Phi) is 3.05. The molecule has 0 aliphatic carbocycles. The van der Waals surface area contributed by atoms with Crippen molar-refractivity contribution in [2.75, 3.05) is 18.6 Å². The predicted octanol–water partition coefficient (Wildman–Crippen LogP) is 1.76. The third-order valence-corrected chi connectivity index (χ3v) is 3.35. The summed E-state index contributed by atoms with van der Waals surface area (Å²) in [7, 11) is 1.75. The molecule has 0 saturated carbocycles. The van der Waals surface area contributed by atoms with Crippen molar-refractivity contribution < 1.29 is 9.53 Å². The van der Waals surface area contributed by atoms with Crippen LogP contribution in [0.4, 0.5) is 5.69 Å². The van der Waals surface area contributed by atoms with Crippen LogP contribution < -0.4 is 4.90 Å². The summed E-state index contributed by atoms with van der Waals surface area (Å²) in [4.78, 5) is 14.1. The summed E-state index contributed by atoms with van der Waals surface area (Å²) in [5.41, 5.74) is 3.21. The highest BCUT2D eigenvalue weighted by molar-refractivity contribution is 6.05. The van der Waals surface area contributed by atoms with Crippen LogP contribution in [0.3, 0.4) is 0 Å². The Morgan fingerprint density at radius 3 is 2.95 bits per heavy atom. The summed E-state index contributed by atoms with van der Waals surface area (Å²) < 4.78 is 5.40. The average Bonchev–Trinajstić information content (AvgIpc) is 2.90. The molecule has 1 aromatic heterocycles. The van der Waals surface area contributed by atoms with Crippen molar-refractivity contribution >= 4 is 11.6 Å². The molecule has 0 fully saturated rings. The SMILES string of the molecule is CN(C(=O)c1n[nH]c2c1COCC2)c1ccccc1. The molecule has 1 N–H and O–H groups in total. The molecule has 3 rings (SSSR count). The van der Waals surface area contributed by atoms with Crippen LogP contribution in [0.25, 0.3) is 0 Å². The quantitative estimate of drug-likeness (QED) is 0.891. The van der Waals surface area contributed by atoms with Gasteiger partial charge >= 0.3 is 0 Å². The van der Waals surface area contributed by atoms with Gasteiger partial charge in [0.1, 0.15) is 0 Å². The number of hydrogen-bond acceptors (Lipinski definition) is 3. The van der Waals surface area contributed by atoms with Crippen molar-refractivity contribution in [1.82, 2.24) is 10.2 Å². The first-order valence-corrected chi connectivity index (χ1v) is 6.24. The van der Waals surface area contributed by atoms with Gasteiger partial charge < -0.3 is 9.64 Å². The summed E-state index contributed by atoms with van der Waals surface area (Å²) in [5, 5.41) is 7.08. The Morgan fingerprint density at radius 1 is 1.37 bits per heavy atom. The first-order valence-electron chi connectivity index (χ1n) is 6.24. The van der Waals surface area contributed by atoms with Crippen molar-refractivity contribution in [2.24, 2.45) is 0 Å². The van der Waals surface area contributed by atoms with E-state index in [9.17, 15) is 4.79 Å². The Hall–Kier alpha value is -2.14. The zero-order valence-corrected chi connectivity index (χ0v) is 10.7. The van der Waals surface area contributed by atoms with E-state index in [-0.39, 0.29) is 5.91 Å². The molecule has 2 aromatic rings. The summed E-state index contributed by atoms with van der Waals surface area (Å²) in [6.45, 7) is 1.13. The number of benzene rings is 1. The van der Waals surface area contributed by atoms with Gasteiger partial charge in [0.25, 0.3) is 5.91 Å². The second-order valence-electron chi connectivity index (χ2n) is 4.53. The topological polar surface area (TPSA) is 58.2 Å². The van der Waals surface area contributed by atoms with E-state index >= 15 is 0 Å².